The molecule has 23 heavy (non-hydrogen) atoms. The molecule has 118 valence electrons. The number of pyridine rings is 1. The Morgan fingerprint density at radius 1 is 1.39 bits per heavy atom. The van der Waals surface area contributed by atoms with Crippen molar-refractivity contribution in [1.29, 1.82) is 5.26 Å². The molecule has 0 spiro atoms. The Labute approximate surface area is 133 Å². The van der Waals surface area contributed by atoms with Crippen molar-refractivity contribution in [1.82, 2.24) is 9.88 Å². The standard InChI is InChI=1S/C17H17N3O3/c1-12-6-7-20(17(22)15(12)9-18)11-16(21)19-10-13-4-3-5-14(8-13)23-2/h3-8H,10-11H2,1-2H3,(H,19,21). The average molecular weight is 311 g/mol. The van der Waals surface area contributed by atoms with Crippen molar-refractivity contribution in [2.75, 3.05) is 7.11 Å². The number of hydrogen-bond donors (Lipinski definition) is 1. The van der Waals surface area contributed by atoms with E-state index >= 15 is 0 Å². The molecule has 2 aromatic rings. The number of hydrogen-bond acceptors (Lipinski definition) is 4. The normalized spacial score (nSPS) is 9.96. The van der Waals surface area contributed by atoms with E-state index in [2.05, 4.69) is 5.32 Å². The summed E-state index contributed by atoms with van der Waals surface area (Å²) in [6.45, 7) is 1.90. The molecule has 1 aromatic carbocycles. The molecule has 0 aliphatic heterocycles. The first-order valence-electron chi connectivity index (χ1n) is 7.05. The molecule has 0 unspecified atom stereocenters. The summed E-state index contributed by atoms with van der Waals surface area (Å²) in [5, 5.41) is 11.7. The maximum Gasteiger partial charge on any atom is 0.269 e. The Morgan fingerprint density at radius 2 is 2.17 bits per heavy atom. The second-order valence-electron chi connectivity index (χ2n) is 5.05. The van der Waals surface area contributed by atoms with E-state index in [0.717, 1.165) is 5.56 Å². The number of benzene rings is 1. The number of carbonyl (C=O) groups is 1. The van der Waals surface area contributed by atoms with E-state index in [-0.39, 0.29) is 18.0 Å². The number of methoxy groups -OCH3 is 1. The number of rotatable bonds is 5. The van der Waals surface area contributed by atoms with Gasteiger partial charge in [0.1, 0.15) is 23.9 Å². The molecule has 0 radical (unpaired) electrons. The molecule has 6 nitrogen and oxygen atoms in total. The maximum atomic E-state index is 12.1. The van der Waals surface area contributed by atoms with Crippen LogP contribution in [0, 0.1) is 18.3 Å². The van der Waals surface area contributed by atoms with Crippen LogP contribution in [-0.4, -0.2) is 17.6 Å². The zero-order valence-electron chi connectivity index (χ0n) is 13.0. The van der Waals surface area contributed by atoms with Gasteiger partial charge in [-0.15, -0.1) is 0 Å². The summed E-state index contributed by atoms with van der Waals surface area (Å²) in [5.41, 5.74) is 1.11. The highest BCUT2D eigenvalue weighted by Gasteiger charge is 2.09. The average Bonchev–Trinajstić information content (AvgIpc) is 2.56. The zero-order valence-corrected chi connectivity index (χ0v) is 13.0. The van der Waals surface area contributed by atoms with Gasteiger partial charge in [0.15, 0.2) is 0 Å². The Hall–Kier alpha value is -3.07. The van der Waals surface area contributed by atoms with Crippen LogP contribution in [0.3, 0.4) is 0 Å². The Kier molecular flexibility index (Phi) is 5.15. The molecule has 0 bridgehead atoms. The highest BCUT2D eigenvalue weighted by atomic mass is 16.5. The van der Waals surface area contributed by atoms with Gasteiger partial charge in [0.2, 0.25) is 5.91 Å². The van der Waals surface area contributed by atoms with Crippen molar-refractivity contribution in [3.8, 4) is 11.8 Å². The third-order valence-corrected chi connectivity index (χ3v) is 3.42. The molecule has 2 rings (SSSR count). The quantitative estimate of drug-likeness (QED) is 0.903. The molecule has 0 fully saturated rings. The van der Waals surface area contributed by atoms with Gasteiger partial charge in [-0.1, -0.05) is 12.1 Å². The first kappa shape index (κ1) is 16.3. The van der Waals surface area contributed by atoms with Gasteiger partial charge in [-0.05, 0) is 36.2 Å². The molecule has 0 saturated carbocycles. The molecule has 0 aliphatic carbocycles. The van der Waals surface area contributed by atoms with Gasteiger partial charge in [0, 0.05) is 12.7 Å². The summed E-state index contributed by atoms with van der Waals surface area (Å²) >= 11 is 0. The Morgan fingerprint density at radius 3 is 2.87 bits per heavy atom. The molecule has 0 saturated heterocycles. The van der Waals surface area contributed by atoms with Crippen molar-refractivity contribution in [3.05, 3.63) is 63.6 Å². The van der Waals surface area contributed by atoms with Gasteiger partial charge in [0.05, 0.1) is 7.11 Å². The van der Waals surface area contributed by atoms with Crippen LogP contribution >= 0.6 is 0 Å². The zero-order chi connectivity index (χ0) is 16.8. The molecule has 1 amide bonds. The summed E-state index contributed by atoms with van der Waals surface area (Å²) in [5.74, 6) is 0.410. The Balaban J connectivity index is 2.03. The number of nitriles is 1. The van der Waals surface area contributed by atoms with Crippen LogP contribution in [-0.2, 0) is 17.9 Å². The summed E-state index contributed by atoms with van der Waals surface area (Å²) in [6, 6.07) is 10.9. The number of nitrogens with one attached hydrogen (secondary N) is 1. The van der Waals surface area contributed by atoms with E-state index < -0.39 is 5.56 Å². The van der Waals surface area contributed by atoms with Crippen molar-refractivity contribution in [3.63, 3.8) is 0 Å². The van der Waals surface area contributed by atoms with Crippen molar-refractivity contribution in [2.45, 2.75) is 20.0 Å². The lowest BCUT2D eigenvalue weighted by molar-refractivity contribution is -0.121. The summed E-state index contributed by atoms with van der Waals surface area (Å²) in [6.07, 6.45) is 1.52. The molecule has 1 N–H and O–H groups in total. The minimum absolute atomic E-state index is 0.0631. The first-order valence-corrected chi connectivity index (χ1v) is 7.05. The van der Waals surface area contributed by atoms with E-state index in [0.29, 0.717) is 17.9 Å². The molecular weight excluding hydrogens is 294 g/mol. The van der Waals surface area contributed by atoms with Crippen LogP contribution in [0.15, 0.2) is 41.3 Å². The predicted octanol–water partition coefficient (Wildman–Crippen LogP) is 1.35. The topological polar surface area (TPSA) is 84.1 Å². The number of aryl methyl sites for hydroxylation is 1. The number of aromatic nitrogens is 1. The van der Waals surface area contributed by atoms with Gasteiger partial charge < -0.3 is 14.6 Å². The van der Waals surface area contributed by atoms with Crippen LogP contribution in [0.5, 0.6) is 5.75 Å². The highest BCUT2D eigenvalue weighted by molar-refractivity contribution is 5.75. The summed E-state index contributed by atoms with van der Waals surface area (Å²) in [4.78, 5) is 24.1. The largest absolute Gasteiger partial charge is 0.497 e. The minimum atomic E-state index is -0.455. The summed E-state index contributed by atoms with van der Waals surface area (Å²) < 4.78 is 6.35. The second kappa shape index (κ2) is 7.27. The number of nitrogens with zero attached hydrogens (tertiary/aromatic N) is 2. The fourth-order valence-corrected chi connectivity index (χ4v) is 2.12. The number of carbonyl (C=O) groups excluding carboxylic acids is 1. The third-order valence-electron chi connectivity index (χ3n) is 3.42. The second-order valence-corrected chi connectivity index (χ2v) is 5.05. The SMILES string of the molecule is COc1cccc(CNC(=O)Cn2ccc(C)c(C#N)c2=O)c1. The Bertz CT molecular complexity index is 819. The smallest absolute Gasteiger partial charge is 0.269 e. The summed E-state index contributed by atoms with van der Waals surface area (Å²) in [7, 11) is 1.58. The van der Waals surface area contributed by atoms with Gasteiger partial charge in [0.25, 0.3) is 5.56 Å². The highest BCUT2D eigenvalue weighted by Crippen LogP contribution is 2.12. The maximum absolute atomic E-state index is 12.1. The van der Waals surface area contributed by atoms with Crippen molar-refractivity contribution >= 4 is 5.91 Å². The predicted molar refractivity (Wildman–Crippen MR) is 85.0 cm³/mol. The van der Waals surface area contributed by atoms with Crippen LogP contribution in [0.25, 0.3) is 0 Å². The van der Waals surface area contributed by atoms with E-state index in [1.165, 1.54) is 10.8 Å². The minimum Gasteiger partial charge on any atom is -0.497 e. The molecular formula is C17H17N3O3. The molecule has 0 aliphatic rings. The van der Waals surface area contributed by atoms with E-state index in [1.807, 2.05) is 30.3 Å². The van der Waals surface area contributed by atoms with Crippen LogP contribution in [0.2, 0.25) is 0 Å². The van der Waals surface area contributed by atoms with Crippen LogP contribution < -0.4 is 15.6 Å². The monoisotopic (exact) mass is 311 g/mol. The molecule has 0 atom stereocenters. The number of ether oxygens (including phenoxy) is 1. The molecule has 1 aromatic heterocycles. The molecule has 6 heteroatoms. The van der Waals surface area contributed by atoms with E-state index in [4.69, 9.17) is 10.00 Å². The van der Waals surface area contributed by atoms with Gasteiger partial charge in [-0.2, -0.15) is 5.26 Å². The lowest BCUT2D eigenvalue weighted by Crippen LogP contribution is -2.32. The van der Waals surface area contributed by atoms with E-state index in [1.54, 1.807) is 20.1 Å². The van der Waals surface area contributed by atoms with Crippen molar-refractivity contribution in [2.24, 2.45) is 0 Å². The lowest BCUT2D eigenvalue weighted by Gasteiger charge is -2.09. The van der Waals surface area contributed by atoms with Gasteiger partial charge in [-0.3, -0.25) is 9.59 Å². The fraction of sp³-hybridized carbons (Fsp3) is 0.235. The van der Waals surface area contributed by atoms with Gasteiger partial charge >= 0.3 is 0 Å². The third kappa shape index (κ3) is 3.98. The van der Waals surface area contributed by atoms with E-state index in [9.17, 15) is 9.59 Å². The lowest BCUT2D eigenvalue weighted by atomic mass is 10.2. The molecule has 1 heterocycles. The number of amides is 1. The van der Waals surface area contributed by atoms with Crippen molar-refractivity contribution < 1.29 is 9.53 Å². The first-order chi connectivity index (χ1) is 11.0. The van der Waals surface area contributed by atoms with Gasteiger partial charge in [-0.25, -0.2) is 0 Å². The fourth-order valence-electron chi connectivity index (χ4n) is 2.12. The van der Waals surface area contributed by atoms with Crippen LogP contribution in [0.4, 0.5) is 0 Å². The van der Waals surface area contributed by atoms with Crippen LogP contribution in [0.1, 0.15) is 16.7 Å².